The monoisotopic (exact) mass is 313 g/mol. The molecule has 0 radical (unpaired) electrons. The highest BCUT2D eigenvalue weighted by molar-refractivity contribution is 5.97. The topological polar surface area (TPSA) is 80.4 Å². The van der Waals surface area contributed by atoms with Crippen molar-refractivity contribution >= 4 is 11.8 Å². The number of aliphatic carboxylic acids is 1. The molecule has 0 aromatic heterocycles. The van der Waals surface area contributed by atoms with Gasteiger partial charge in [-0.05, 0) is 31.9 Å². The maximum atomic E-state index is 11.2. The lowest BCUT2D eigenvalue weighted by Crippen LogP contribution is -2.11. The Morgan fingerprint density at radius 3 is 1.91 bits per heavy atom. The summed E-state index contributed by atoms with van der Waals surface area (Å²) in [5.74, 6) is -1.66. The molecule has 0 saturated carbocycles. The van der Waals surface area contributed by atoms with Gasteiger partial charge in [0.1, 0.15) is 0 Å². The predicted octanol–water partition coefficient (Wildman–Crippen LogP) is 3.78. The van der Waals surface area contributed by atoms with Crippen molar-refractivity contribution in [2.24, 2.45) is 5.73 Å². The molecule has 4 heteroatoms. The smallest absolute Gasteiger partial charge is 0.310 e. The van der Waals surface area contributed by atoms with Crippen molar-refractivity contribution in [1.82, 2.24) is 0 Å². The van der Waals surface area contributed by atoms with E-state index in [1.165, 1.54) is 12.5 Å². The number of ketones is 1. The molecular formula is C19H23NO3. The van der Waals surface area contributed by atoms with E-state index in [4.69, 9.17) is 10.8 Å². The van der Waals surface area contributed by atoms with E-state index in [1.54, 1.807) is 31.2 Å². The third-order valence-electron chi connectivity index (χ3n) is 3.50. The third kappa shape index (κ3) is 5.68. The number of Topliss-reactive ketones (excluding diaryl/α,β-unsaturated/α-hetero) is 1. The first-order chi connectivity index (χ1) is 10.8. The van der Waals surface area contributed by atoms with Crippen LogP contribution in [0, 0.1) is 0 Å². The molecule has 0 aliphatic carbocycles. The summed E-state index contributed by atoms with van der Waals surface area (Å²) in [5, 5.41) is 8.83. The lowest BCUT2D eigenvalue weighted by atomic mass is 9.94. The summed E-state index contributed by atoms with van der Waals surface area (Å²) in [6.45, 7) is 4.99. The fourth-order valence-electron chi connectivity index (χ4n) is 2.08. The van der Waals surface area contributed by atoms with E-state index in [-0.39, 0.29) is 11.8 Å². The molecule has 2 unspecified atom stereocenters. The number of hydrogen-bond acceptors (Lipinski definition) is 3. The van der Waals surface area contributed by atoms with Gasteiger partial charge in [0.2, 0.25) is 0 Å². The summed E-state index contributed by atoms with van der Waals surface area (Å²) in [7, 11) is 0. The first-order valence-electron chi connectivity index (χ1n) is 7.47. The number of hydrogen-bond donors (Lipinski definition) is 2. The van der Waals surface area contributed by atoms with Gasteiger partial charge in [-0.15, -0.1) is 0 Å². The van der Waals surface area contributed by atoms with Gasteiger partial charge in [-0.3, -0.25) is 9.59 Å². The van der Waals surface area contributed by atoms with E-state index in [0.717, 1.165) is 0 Å². The van der Waals surface area contributed by atoms with Gasteiger partial charge in [0, 0.05) is 11.6 Å². The molecule has 2 aromatic carbocycles. The van der Waals surface area contributed by atoms with Gasteiger partial charge < -0.3 is 10.8 Å². The Morgan fingerprint density at radius 2 is 1.48 bits per heavy atom. The van der Waals surface area contributed by atoms with Crippen LogP contribution in [-0.4, -0.2) is 16.9 Å². The van der Waals surface area contributed by atoms with Crippen LogP contribution in [0.2, 0.25) is 0 Å². The van der Waals surface area contributed by atoms with Crippen molar-refractivity contribution in [2.45, 2.75) is 32.7 Å². The number of nitrogens with two attached hydrogens (primary N) is 1. The first-order valence-corrected chi connectivity index (χ1v) is 7.47. The normalized spacial score (nSPS) is 12.5. The van der Waals surface area contributed by atoms with Crippen LogP contribution < -0.4 is 5.73 Å². The Balaban J connectivity index is 0.000000253. The summed E-state index contributed by atoms with van der Waals surface area (Å²) in [6, 6.07) is 17.0. The van der Waals surface area contributed by atoms with E-state index in [2.05, 4.69) is 0 Å². The average molecular weight is 313 g/mol. The Hall–Kier alpha value is -2.46. The largest absolute Gasteiger partial charge is 0.481 e. The number of carbonyl (C=O) groups is 2. The molecule has 2 rings (SSSR count). The number of rotatable bonds is 4. The summed E-state index contributed by atoms with van der Waals surface area (Å²) in [5.41, 5.74) is 7.87. The van der Waals surface area contributed by atoms with E-state index < -0.39 is 11.9 Å². The van der Waals surface area contributed by atoms with Gasteiger partial charge >= 0.3 is 5.97 Å². The molecule has 0 spiro atoms. The number of carboxylic acid groups (broad SMARTS) is 1. The number of carboxylic acids is 1. The van der Waals surface area contributed by atoms with Crippen LogP contribution in [0.1, 0.15) is 54.2 Å². The molecule has 2 aromatic rings. The number of benzene rings is 2. The van der Waals surface area contributed by atoms with Crippen LogP contribution in [0.4, 0.5) is 0 Å². The minimum Gasteiger partial charge on any atom is -0.481 e. The van der Waals surface area contributed by atoms with Gasteiger partial charge in [-0.1, -0.05) is 54.6 Å². The molecule has 3 N–H and O–H groups in total. The molecule has 122 valence electrons. The summed E-state index contributed by atoms with van der Waals surface area (Å²) in [6.07, 6.45) is 0. The molecule has 0 saturated heterocycles. The highest BCUT2D eigenvalue weighted by Gasteiger charge is 2.18. The lowest BCUT2D eigenvalue weighted by molar-refractivity contribution is -0.138. The van der Waals surface area contributed by atoms with Crippen LogP contribution in [0.25, 0.3) is 0 Å². The van der Waals surface area contributed by atoms with Crippen molar-refractivity contribution < 1.29 is 14.7 Å². The molecule has 0 heterocycles. The fraction of sp³-hybridized carbons (Fsp3) is 0.263. The zero-order valence-corrected chi connectivity index (χ0v) is 13.7. The molecule has 0 aliphatic heterocycles. The summed E-state index contributed by atoms with van der Waals surface area (Å²) >= 11 is 0. The standard InChI is InChI=1S/C11H12O3.C8H11N/c1-7(11(13)14)9-5-3-4-6-10(9)8(2)12;1-7(9)8-5-3-2-4-6-8/h3-7H,1-2H3,(H,13,14);2-7H,9H2,1H3. The molecule has 2 atom stereocenters. The SMILES string of the molecule is CC(=O)c1ccccc1C(C)C(=O)O.CC(N)c1ccccc1. The molecule has 4 nitrogen and oxygen atoms in total. The lowest BCUT2D eigenvalue weighted by Gasteiger charge is -2.10. The van der Waals surface area contributed by atoms with E-state index >= 15 is 0 Å². The quantitative estimate of drug-likeness (QED) is 0.842. The number of carbonyl (C=O) groups excluding carboxylic acids is 1. The zero-order valence-electron chi connectivity index (χ0n) is 13.7. The highest BCUT2D eigenvalue weighted by Crippen LogP contribution is 2.20. The van der Waals surface area contributed by atoms with E-state index in [1.807, 2.05) is 37.3 Å². The van der Waals surface area contributed by atoms with Gasteiger partial charge in [-0.25, -0.2) is 0 Å². The molecular weight excluding hydrogens is 290 g/mol. The van der Waals surface area contributed by atoms with Crippen molar-refractivity contribution in [1.29, 1.82) is 0 Å². The average Bonchev–Trinajstić information content (AvgIpc) is 2.55. The van der Waals surface area contributed by atoms with Gasteiger partial charge in [-0.2, -0.15) is 0 Å². The third-order valence-corrected chi connectivity index (χ3v) is 3.50. The molecule has 0 bridgehead atoms. The van der Waals surface area contributed by atoms with Gasteiger partial charge in [0.15, 0.2) is 5.78 Å². The van der Waals surface area contributed by atoms with E-state index in [9.17, 15) is 9.59 Å². The zero-order chi connectivity index (χ0) is 17.4. The minimum atomic E-state index is -0.918. The second kappa shape index (κ2) is 8.86. The van der Waals surface area contributed by atoms with Crippen molar-refractivity contribution in [3.05, 3.63) is 71.3 Å². The molecule has 0 amide bonds. The Morgan fingerprint density at radius 1 is 0.957 bits per heavy atom. The van der Waals surface area contributed by atoms with Crippen LogP contribution in [-0.2, 0) is 4.79 Å². The van der Waals surface area contributed by atoms with Crippen molar-refractivity contribution in [3.63, 3.8) is 0 Å². The van der Waals surface area contributed by atoms with E-state index in [0.29, 0.717) is 11.1 Å². The highest BCUT2D eigenvalue weighted by atomic mass is 16.4. The molecule has 0 aliphatic rings. The Labute approximate surface area is 137 Å². The molecule has 0 fully saturated rings. The predicted molar refractivity (Wildman–Crippen MR) is 91.5 cm³/mol. The summed E-state index contributed by atoms with van der Waals surface area (Å²) < 4.78 is 0. The fourth-order valence-corrected chi connectivity index (χ4v) is 2.08. The van der Waals surface area contributed by atoms with Crippen LogP contribution in [0.3, 0.4) is 0 Å². The van der Waals surface area contributed by atoms with Gasteiger partial charge in [0.05, 0.1) is 5.92 Å². The van der Waals surface area contributed by atoms with Crippen molar-refractivity contribution in [3.8, 4) is 0 Å². The second-order valence-corrected chi connectivity index (χ2v) is 5.40. The Kier molecular flexibility index (Phi) is 7.16. The molecule has 23 heavy (non-hydrogen) atoms. The minimum absolute atomic E-state index is 0.103. The van der Waals surface area contributed by atoms with Gasteiger partial charge in [0.25, 0.3) is 0 Å². The first kappa shape index (κ1) is 18.6. The van der Waals surface area contributed by atoms with Crippen LogP contribution >= 0.6 is 0 Å². The van der Waals surface area contributed by atoms with Crippen LogP contribution in [0.5, 0.6) is 0 Å². The summed E-state index contributed by atoms with van der Waals surface area (Å²) in [4.78, 5) is 22.0. The maximum absolute atomic E-state index is 11.2. The Bertz CT molecular complexity index is 651. The van der Waals surface area contributed by atoms with Crippen molar-refractivity contribution in [2.75, 3.05) is 0 Å². The maximum Gasteiger partial charge on any atom is 0.310 e. The second-order valence-electron chi connectivity index (χ2n) is 5.40. The van der Waals surface area contributed by atoms with Crippen LogP contribution in [0.15, 0.2) is 54.6 Å².